The van der Waals surface area contributed by atoms with Crippen molar-refractivity contribution in [3.63, 3.8) is 0 Å². The molecule has 0 radical (unpaired) electrons. The van der Waals surface area contributed by atoms with Crippen LogP contribution in [-0.4, -0.2) is 19.6 Å². The van der Waals surface area contributed by atoms with Crippen molar-refractivity contribution in [2.45, 2.75) is 20.4 Å². The zero-order valence-corrected chi connectivity index (χ0v) is 11.0. The molecule has 2 N–H and O–H groups in total. The van der Waals surface area contributed by atoms with Crippen LogP contribution in [-0.2, 0) is 13.6 Å². The van der Waals surface area contributed by atoms with Crippen LogP contribution in [0.3, 0.4) is 0 Å². The lowest BCUT2D eigenvalue weighted by Crippen LogP contribution is -1.96. The molecule has 8 nitrogen and oxygen atoms in total. The van der Waals surface area contributed by atoms with E-state index in [2.05, 4.69) is 20.4 Å². The Hall–Kier alpha value is -2.69. The summed E-state index contributed by atoms with van der Waals surface area (Å²) in [5.41, 5.74) is 7.38. The van der Waals surface area contributed by atoms with Crippen LogP contribution in [0.2, 0.25) is 0 Å². The first kappa shape index (κ1) is 12.8. The van der Waals surface area contributed by atoms with Gasteiger partial charge in [-0.2, -0.15) is 10.4 Å². The van der Waals surface area contributed by atoms with Crippen molar-refractivity contribution >= 4 is 17.3 Å². The van der Waals surface area contributed by atoms with Crippen LogP contribution in [0.15, 0.2) is 16.4 Å². The third-order valence-electron chi connectivity index (χ3n) is 2.67. The molecule has 2 heterocycles. The largest absolute Gasteiger partial charge is 0.382 e. The summed E-state index contributed by atoms with van der Waals surface area (Å²) in [4.78, 5) is 0. The third-order valence-corrected chi connectivity index (χ3v) is 2.67. The van der Waals surface area contributed by atoms with Gasteiger partial charge in [0.2, 0.25) is 5.82 Å². The Bertz CT molecular complexity index is 670. The summed E-state index contributed by atoms with van der Waals surface area (Å²) in [6.07, 6.45) is 1.63. The van der Waals surface area contributed by atoms with Gasteiger partial charge in [0, 0.05) is 19.8 Å². The maximum absolute atomic E-state index is 8.99. The zero-order valence-electron chi connectivity index (χ0n) is 11.0. The lowest BCUT2D eigenvalue weighted by molar-refractivity contribution is 0.660. The van der Waals surface area contributed by atoms with E-state index in [0.29, 0.717) is 29.3 Å². The molecule has 19 heavy (non-hydrogen) atoms. The van der Waals surface area contributed by atoms with Gasteiger partial charge in [-0.05, 0) is 13.8 Å². The lowest BCUT2D eigenvalue weighted by atomic mass is 10.4. The molecule has 8 heteroatoms. The highest BCUT2D eigenvalue weighted by molar-refractivity contribution is 5.61. The summed E-state index contributed by atoms with van der Waals surface area (Å²) in [6.45, 7) is 4.39. The van der Waals surface area contributed by atoms with Crippen molar-refractivity contribution in [3.05, 3.63) is 17.5 Å². The highest BCUT2D eigenvalue weighted by Crippen LogP contribution is 2.27. The van der Waals surface area contributed by atoms with Crippen molar-refractivity contribution in [3.8, 4) is 6.07 Å². The minimum Gasteiger partial charge on any atom is -0.382 e. The maximum Gasteiger partial charge on any atom is 0.213 e. The number of nitriles is 1. The summed E-state index contributed by atoms with van der Waals surface area (Å²) in [7, 11) is 1.73. The molecule has 0 aliphatic carbocycles. The molecule has 0 aromatic carbocycles. The predicted molar refractivity (Wildman–Crippen MR) is 69.1 cm³/mol. The number of aromatic nitrogens is 4. The van der Waals surface area contributed by atoms with Gasteiger partial charge < -0.3 is 5.73 Å². The second-order valence-corrected chi connectivity index (χ2v) is 3.98. The van der Waals surface area contributed by atoms with Crippen LogP contribution in [0.1, 0.15) is 18.2 Å². The smallest absolute Gasteiger partial charge is 0.213 e. The quantitative estimate of drug-likeness (QED) is 0.846. The van der Waals surface area contributed by atoms with Crippen molar-refractivity contribution in [2.75, 3.05) is 5.73 Å². The summed E-state index contributed by atoms with van der Waals surface area (Å²) in [5.74, 6) is 0.710. The van der Waals surface area contributed by atoms with Crippen molar-refractivity contribution < 1.29 is 0 Å². The van der Waals surface area contributed by atoms with Crippen LogP contribution in [0.4, 0.5) is 17.3 Å². The average molecular weight is 258 g/mol. The second-order valence-electron chi connectivity index (χ2n) is 3.98. The molecular weight excluding hydrogens is 244 g/mol. The van der Waals surface area contributed by atoms with Gasteiger partial charge in [-0.25, -0.2) is 0 Å². The second kappa shape index (κ2) is 4.89. The zero-order chi connectivity index (χ0) is 14.0. The van der Waals surface area contributed by atoms with E-state index in [1.807, 2.05) is 13.0 Å². The standard InChI is InChI=1S/C11H14N8/c1-4-19-6-8(5-12)11(17-19)15-14-9-7(2)16-18(3)10(9)13/h6H,4,13H2,1-3H3. The van der Waals surface area contributed by atoms with Crippen LogP contribution in [0.5, 0.6) is 0 Å². The van der Waals surface area contributed by atoms with E-state index in [9.17, 15) is 0 Å². The normalized spacial score (nSPS) is 11.1. The molecule has 0 fully saturated rings. The van der Waals surface area contributed by atoms with Gasteiger partial charge in [-0.15, -0.1) is 15.3 Å². The molecule has 2 aromatic heterocycles. The lowest BCUT2D eigenvalue weighted by Gasteiger charge is -1.93. The highest BCUT2D eigenvalue weighted by Gasteiger charge is 2.11. The number of azo groups is 1. The first-order valence-corrected chi connectivity index (χ1v) is 5.75. The topological polar surface area (TPSA) is 110 Å². The van der Waals surface area contributed by atoms with Gasteiger partial charge in [0.15, 0.2) is 5.69 Å². The Morgan fingerprint density at radius 2 is 2.16 bits per heavy atom. The van der Waals surface area contributed by atoms with Crippen molar-refractivity contribution in [1.29, 1.82) is 5.26 Å². The number of anilines is 1. The Kier molecular flexibility index (Phi) is 3.29. The molecule has 98 valence electrons. The maximum atomic E-state index is 8.99. The first-order chi connectivity index (χ1) is 9.06. The minimum absolute atomic E-state index is 0.284. The van der Waals surface area contributed by atoms with Gasteiger partial charge in [0.25, 0.3) is 0 Å². The predicted octanol–water partition coefficient (Wildman–Crippen LogP) is 1.81. The van der Waals surface area contributed by atoms with Crippen LogP contribution in [0, 0.1) is 18.3 Å². The molecule has 0 saturated carbocycles. The highest BCUT2D eigenvalue weighted by atomic mass is 15.3. The van der Waals surface area contributed by atoms with E-state index in [-0.39, 0.29) is 5.82 Å². The fourth-order valence-electron chi connectivity index (χ4n) is 1.61. The number of nitrogens with two attached hydrogens (primary N) is 1. The van der Waals surface area contributed by atoms with Crippen LogP contribution in [0.25, 0.3) is 0 Å². The van der Waals surface area contributed by atoms with E-state index in [0.717, 1.165) is 0 Å². The van der Waals surface area contributed by atoms with Gasteiger partial charge >= 0.3 is 0 Å². The third kappa shape index (κ3) is 2.30. The Labute approximate surface area is 110 Å². The van der Waals surface area contributed by atoms with E-state index in [4.69, 9.17) is 11.0 Å². The molecule has 0 spiro atoms. The number of nitrogens with zero attached hydrogens (tertiary/aromatic N) is 7. The first-order valence-electron chi connectivity index (χ1n) is 5.75. The summed E-state index contributed by atoms with van der Waals surface area (Å²) >= 11 is 0. The fraction of sp³-hybridized carbons (Fsp3) is 0.364. The SMILES string of the molecule is CCn1cc(C#N)c(N=Nc2c(C)nn(C)c2N)n1. The Morgan fingerprint density at radius 1 is 1.42 bits per heavy atom. The minimum atomic E-state index is 0.284. The number of aryl methyl sites for hydroxylation is 3. The van der Waals surface area contributed by atoms with Gasteiger partial charge in [0.05, 0.1) is 5.69 Å². The number of rotatable bonds is 3. The molecule has 0 aliphatic rings. The monoisotopic (exact) mass is 258 g/mol. The van der Waals surface area contributed by atoms with Crippen LogP contribution >= 0.6 is 0 Å². The van der Waals surface area contributed by atoms with E-state index in [1.54, 1.807) is 24.9 Å². The fourth-order valence-corrected chi connectivity index (χ4v) is 1.61. The summed E-state index contributed by atoms with van der Waals surface area (Å²) in [6, 6.07) is 2.03. The van der Waals surface area contributed by atoms with Gasteiger partial charge in [-0.1, -0.05) is 0 Å². The van der Waals surface area contributed by atoms with Gasteiger partial charge in [-0.3, -0.25) is 9.36 Å². The van der Waals surface area contributed by atoms with E-state index >= 15 is 0 Å². The molecule has 0 aliphatic heterocycles. The number of hydrogen-bond acceptors (Lipinski definition) is 6. The molecule has 0 unspecified atom stereocenters. The molecule has 2 rings (SSSR count). The van der Waals surface area contributed by atoms with Crippen LogP contribution < -0.4 is 5.73 Å². The summed E-state index contributed by atoms with van der Waals surface area (Å²) in [5, 5.41) is 25.3. The molecule has 0 bridgehead atoms. The number of nitrogen functional groups attached to an aromatic ring is 1. The Balaban J connectivity index is 2.38. The molecule has 0 saturated heterocycles. The van der Waals surface area contributed by atoms with E-state index in [1.165, 1.54) is 4.68 Å². The average Bonchev–Trinajstić information content (AvgIpc) is 2.90. The number of hydrogen-bond donors (Lipinski definition) is 1. The van der Waals surface area contributed by atoms with E-state index < -0.39 is 0 Å². The van der Waals surface area contributed by atoms with Gasteiger partial charge in [0.1, 0.15) is 17.5 Å². The molecule has 2 aromatic rings. The van der Waals surface area contributed by atoms with Crippen molar-refractivity contribution in [2.24, 2.45) is 17.3 Å². The molecule has 0 atom stereocenters. The summed E-state index contributed by atoms with van der Waals surface area (Å²) < 4.78 is 3.16. The van der Waals surface area contributed by atoms with Crippen molar-refractivity contribution in [1.82, 2.24) is 19.6 Å². The molecular formula is C11H14N8. The Morgan fingerprint density at radius 3 is 2.68 bits per heavy atom. The molecule has 0 amide bonds.